The van der Waals surface area contributed by atoms with Gasteiger partial charge in [0.2, 0.25) is 11.9 Å². The molecule has 0 saturated heterocycles. The largest absolute Gasteiger partial charge is 0.453 e. The summed E-state index contributed by atoms with van der Waals surface area (Å²) in [5.41, 5.74) is 7.95. The molecule has 0 radical (unpaired) electrons. The van der Waals surface area contributed by atoms with E-state index in [0.717, 1.165) is 11.4 Å². The molecule has 8 heteroatoms. The molecule has 0 bridgehead atoms. The number of nitrogens with one attached hydrogen (secondary N) is 1. The zero-order valence-electron chi connectivity index (χ0n) is 13.9. The van der Waals surface area contributed by atoms with E-state index in [-0.39, 0.29) is 18.4 Å². The summed E-state index contributed by atoms with van der Waals surface area (Å²) < 4.78 is 7.03. The normalized spacial score (nSPS) is 10.5. The van der Waals surface area contributed by atoms with Gasteiger partial charge in [0.05, 0.1) is 0 Å². The van der Waals surface area contributed by atoms with Crippen molar-refractivity contribution in [3.63, 3.8) is 0 Å². The van der Waals surface area contributed by atoms with Gasteiger partial charge in [-0.25, -0.2) is 4.79 Å². The zero-order chi connectivity index (χ0) is 17.8. The van der Waals surface area contributed by atoms with Crippen molar-refractivity contribution in [3.05, 3.63) is 59.7 Å². The first-order valence-corrected chi connectivity index (χ1v) is 7.65. The highest BCUT2D eigenvalue weighted by Gasteiger charge is 2.14. The van der Waals surface area contributed by atoms with Crippen molar-refractivity contribution in [2.45, 2.75) is 13.5 Å². The van der Waals surface area contributed by atoms with E-state index in [1.54, 1.807) is 17.7 Å². The van der Waals surface area contributed by atoms with Crippen LogP contribution in [0.25, 0.3) is 0 Å². The SMILES string of the molecule is Cc1ccc(C(=O)OCc2nc(N)nc(Nc3ccccc3)n2)n1C. The van der Waals surface area contributed by atoms with Gasteiger partial charge in [0.25, 0.3) is 0 Å². The summed E-state index contributed by atoms with van der Waals surface area (Å²) in [6, 6.07) is 13.0. The predicted octanol–water partition coefficient (Wildman–Crippen LogP) is 2.20. The lowest BCUT2D eigenvalue weighted by atomic mass is 10.3. The number of nitrogens with zero attached hydrogens (tertiary/aromatic N) is 4. The maximum absolute atomic E-state index is 12.2. The highest BCUT2D eigenvalue weighted by Crippen LogP contribution is 2.13. The first kappa shape index (κ1) is 16.4. The number of esters is 1. The number of carbonyl (C=O) groups excluding carboxylic acids is 1. The maximum atomic E-state index is 12.2. The summed E-state index contributed by atoms with van der Waals surface area (Å²) in [4.78, 5) is 24.4. The number of hydrogen-bond donors (Lipinski definition) is 2. The number of hydrogen-bond acceptors (Lipinski definition) is 7. The number of benzene rings is 1. The number of rotatable bonds is 5. The molecule has 0 aliphatic heterocycles. The molecule has 0 unspecified atom stereocenters. The minimum Gasteiger partial charge on any atom is -0.453 e. The Bertz CT molecular complexity index is 891. The lowest BCUT2D eigenvalue weighted by molar-refractivity contribution is 0.0450. The number of ether oxygens (including phenoxy) is 1. The standard InChI is InChI=1S/C17H18N6O2/c1-11-8-9-13(23(11)2)15(24)25-10-14-20-16(18)22-17(21-14)19-12-6-4-3-5-7-12/h3-9H,10H2,1-2H3,(H3,18,19,20,21,22). The Morgan fingerprint density at radius 1 is 1.16 bits per heavy atom. The highest BCUT2D eigenvalue weighted by molar-refractivity contribution is 5.87. The van der Waals surface area contributed by atoms with Gasteiger partial charge in [-0.1, -0.05) is 18.2 Å². The third-order valence-electron chi connectivity index (χ3n) is 3.64. The summed E-state index contributed by atoms with van der Waals surface area (Å²) in [5.74, 6) is 0.158. The van der Waals surface area contributed by atoms with Crippen molar-refractivity contribution in [3.8, 4) is 0 Å². The number of nitrogen functional groups attached to an aromatic ring is 1. The molecule has 128 valence electrons. The topological polar surface area (TPSA) is 108 Å². The first-order valence-electron chi connectivity index (χ1n) is 7.65. The number of aryl methyl sites for hydroxylation is 1. The number of para-hydroxylation sites is 1. The summed E-state index contributed by atoms with van der Waals surface area (Å²) in [6.07, 6.45) is 0. The second-order valence-electron chi connectivity index (χ2n) is 5.42. The van der Waals surface area contributed by atoms with Gasteiger partial charge in [-0.05, 0) is 31.2 Å². The van der Waals surface area contributed by atoms with Crippen LogP contribution in [-0.2, 0) is 18.4 Å². The summed E-state index contributed by atoms with van der Waals surface area (Å²) in [7, 11) is 1.80. The Hall–Kier alpha value is -3.42. The van der Waals surface area contributed by atoms with Crippen molar-refractivity contribution in [2.75, 3.05) is 11.1 Å². The molecule has 2 heterocycles. The number of nitrogens with two attached hydrogens (primary N) is 1. The molecule has 0 fully saturated rings. The zero-order valence-corrected chi connectivity index (χ0v) is 13.9. The van der Waals surface area contributed by atoms with Crippen molar-refractivity contribution in [1.29, 1.82) is 0 Å². The molecule has 0 aliphatic rings. The van der Waals surface area contributed by atoms with Crippen LogP contribution in [0.4, 0.5) is 17.6 Å². The van der Waals surface area contributed by atoms with Crippen LogP contribution in [0.15, 0.2) is 42.5 Å². The molecule has 3 aromatic rings. The van der Waals surface area contributed by atoms with Gasteiger partial charge in [0, 0.05) is 18.4 Å². The number of carbonyl (C=O) groups is 1. The highest BCUT2D eigenvalue weighted by atomic mass is 16.5. The van der Waals surface area contributed by atoms with Crippen molar-refractivity contribution in [1.82, 2.24) is 19.5 Å². The van der Waals surface area contributed by atoms with E-state index < -0.39 is 5.97 Å². The van der Waals surface area contributed by atoms with Gasteiger partial charge in [0.1, 0.15) is 5.69 Å². The van der Waals surface area contributed by atoms with E-state index in [1.807, 2.05) is 43.3 Å². The minimum absolute atomic E-state index is 0.0502. The maximum Gasteiger partial charge on any atom is 0.355 e. The van der Waals surface area contributed by atoms with Crippen molar-refractivity contribution in [2.24, 2.45) is 7.05 Å². The third-order valence-corrected chi connectivity index (χ3v) is 3.64. The lowest BCUT2D eigenvalue weighted by Gasteiger charge is -2.08. The quantitative estimate of drug-likeness (QED) is 0.687. The van der Waals surface area contributed by atoms with E-state index in [1.165, 1.54) is 0 Å². The second kappa shape index (κ2) is 7.00. The van der Waals surface area contributed by atoms with Gasteiger partial charge in [-0.15, -0.1) is 0 Å². The fraction of sp³-hybridized carbons (Fsp3) is 0.176. The van der Waals surface area contributed by atoms with Crippen molar-refractivity contribution < 1.29 is 9.53 Å². The number of aromatic nitrogens is 4. The molecule has 0 saturated carbocycles. The van der Waals surface area contributed by atoms with Crippen LogP contribution in [0, 0.1) is 6.92 Å². The average Bonchev–Trinajstić information content (AvgIpc) is 2.92. The second-order valence-corrected chi connectivity index (χ2v) is 5.42. The van der Waals surface area contributed by atoms with Crippen LogP contribution < -0.4 is 11.1 Å². The first-order chi connectivity index (χ1) is 12.0. The molecule has 0 spiro atoms. The Balaban J connectivity index is 1.70. The van der Waals surface area contributed by atoms with E-state index in [9.17, 15) is 4.79 Å². The number of anilines is 3. The Kier molecular flexibility index (Phi) is 4.60. The minimum atomic E-state index is -0.452. The molecule has 25 heavy (non-hydrogen) atoms. The molecule has 8 nitrogen and oxygen atoms in total. The molecular formula is C17H18N6O2. The molecule has 1 aromatic carbocycles. The van der Waals surface area contributed by atoms with Gasteiger partial charge in [-0.2, -0.15) is 15.0 Å². The van der Waals surface area contributed by atoms with E-state index in [4.69, 9.17) is 10.5 Å². The van der Waals surface area contributed by atoms with E-state index >= 15 is 0 Å². The summed E-state index contributed by atoms with van der Waals surface area (Å²) in [5, 5.41) is 3.03. The Labute approximate surface area is 144 Å². The molecule has 0 amide bonds. The van der Waals surface area contributed by atoms with Crippen LogP contribution in [0.3, 0.4) is 0 Å². The van der Waals surface area contributed by atoms with Gasteiger partial charge in [0.15, 0.2) is 12.4 Å². The van der Waals surface area contributed by atoms with Crippen molar-refractivity contribution >= 4 is 23.6 Å². The molecule has 3 rings (SSSR count). The van der Waals surface area contributed by atoms with Gasteiger partial charge >= 0.3 is 5.97 Å². The molecular weight excluding hydrogens is 320 g/mol. The molecule has 0 aliphatic carbocycles. The van der Waals surface area contributed by atoms with Crippen LogP contribution in [0.5, 0.6) is 0 Å². The van der Waals surface area contributed by atoms with Crippen LogP contribution >= 0.6 is 0 Å². The van der Waals surface area contributed by atoms with Crippen LogP contribution in [0.1, 0.15) is 22.0 Å². The monoisotopic (exact) mass is 338 g/mol. The lowest BCUT2D eigenvalue weighted by Crippen LogP contribution is -2.13. The van der Waals surface area contributed by atoms with Gasteiger partial charge in [-0.3, -0.25) is 0 Å². The summed E-state index contributed by atoms with van der Waals surface area (Å²) >= 11 is 0. The average molecular weight is 338 g/mol. The predicted molar refractivity (Wildman–Crippen MR) is 93.2 cm³/mol. The molecule has 2 aromatic heterocycles. The van der Waals surface area contributed by atoms with Crippen LogP contribution in [0.2, 0.25) is 0 Å². The smallest absolute Gasteiger partial charge is 0.355 e. The fourth-order valence-electron chi connectivity index (χ4n) is 2.23. The fourth-order valence-corrected chi connectivity index (χ4v) is 2.23. The Morgan fingerprint density at radius 2 is 1.92 bits per heavy atom. The third kappa shape index (κ3) is 3.92. The molecule has 3 N–H and O–H groups in total. The van der Waals surface area contributed by atoms with E-state index in [2.05, 4.69) is 20.3 Å². The molecule has 0 atom stereocenters. The van der Waals surface area contributed by atoms with Gasteiger partial charge < -0.3 is 20.4 Å². The van der Waals surface area contributed by atoms with E-state index in [0.29, 0.717) is 11.6 Å². The summed E-state index contributed by atoms with van der Waals surface area (Å²) in [6.45, 7) is 1.81. The van der Waals surface area contributed by atoms with Crippen LogP contribution in [-0.4, -0.2) is 25.5 Å². The Morgan fingerprint density at radius 3 is 2.60 bits per heavy atom.